The van der Waals surface area contributed by atoms with E-state index >= 15 is 0 Å². The second-order valence-electron chi connectivity index (χ2n) is 4.99. The fourth-order valence-electron chi connectivity index (χ4n) is 2.15. The molecular formula is C17H17N3. The van der Waals surface area contributed by atoms with Gasteiger partial charge in [-0.2, -0.15) is 15.0 Å². The third-order valence-corrected chi connectivity index (χ3v) is 3.42. The van der Waals surface area contributed by atoms with E-state index in [1.807, 2.05) is 18.2 Å². The van der Waals surface area contributed by atoms with Gasteiger partial charge in [-0.3, -0.25) is 0 Å². The third-order valence-electron chi connectivity index (χ3n) is 3.42. The van der Waals surface area contributed by atoms with E-state index in [0.717, 1.165) is 11.0 Å². The van der Waals surface area contributed by atoms with Gasteiger partial charge in [0.05, 0.1) is 6.54 Å². The minimum Gasteiger partial charge on any atom is -0.180 e. The lowest BCUT2D eigenvalue weighted by Gasteiger charge is -1.95. The van der Waals surface area contributed by atoms with E-state index in [0.29, 0.717) is 6.54 Å². The maximum Gasteiger partial charge on any atom is 0.113 e. The third kappa shape index (κ3) is 2.62. The SMILES string of the molecule is Cc1cc2nn(C/C=C/c3ccccc3)nc2cc1C. The Hall–Kier alpha value is -2.42. The van der Waals surface area contributed by atoms with E-state index in [1.54, 1.807) is 4.80 Å². The van der Waals surface area contributed by atoms with Crippen LogP contribution in [0.4, 0.5) is 0 Å². The first-order valence-corrected chi connectivity index (χ1v) is 6.76. The molecule has 100 valence electrons. The van der Waals surface area contributed by atoms with E-state index in [2.05, 4.69) is 60.5 Å². The zero-order valence-corrected chi connectivity index (χ0v) is 11.7. The molecule has 0 bridgehead atoms. The molecule has 2 aromatic carbocycles. The summed E-state index contributed by atoms with van der Waals surface area (Å²) in [5, 5.41) is 9.00. The zero-order chi connectivity index (χ0) is 13.9. The van der Waals surface area contributed by atoms with Crippen molar-refractivity contribution >= 4 is 17.1 Å². The van der Waals surface area contributed by atoms with Gasteiger partial charge in [-0.15, -0.1) is 0 Å². The number of aryl methyl sites for hydroxylation is 2. The highest BCUT2D eigenvalue weighted by Gasteiger charge is 2.03. The van der Waals surface area contributed by atoms with E-state index < -0.39 is 0 Å². The minimum absolute atomic E-state index is 0.682. The van der Waals surface area contributed by atoms with Crippen LogP contribution < -0.4 is 0 Å². The number of rotatable bonds is 3. The van der Waals surface area contributed by atoms with Crippen molar-refractivity contribution in [2.24, 2.45) is 0 Å². The maximum atomic E-state index is 4.50. The molecule has 1 heterocycles. The van der Waals surface area contributed by atoms with Crippen molar-refractivity contribution in [3.63, 3.8) is 0 Å². The van der Waals surface area contributed by atoms with Crippen molar-refractivity contribution in [1.29, 1.82) is 0 Å². The van der Waals surface area contributed by atoms with E-state index in [-0.39, 0.29) is 0 Å². The lowest BCUT2D eigenvalue weighted by Crippen LogP contribution is -1.99. The van der Waals surface area contributed by atoms with E-state index in [9.17, 15) is 0 Å². The molecule has 3 aromatic rings. The first-order valence-electron chi connectivity index (χ1n) is 6.76. The molecule has 0 aliphatic rings. The zero-order valence-electron chi connectivity index (χ0n) is 11.7. The molecule has 0 aliphatic carbocycles. The summed E-state index contributed by atoms with van der Waals surface area (Å²) in [6.07, 6.45) is 4.17. The Bertz CT molecular complexity index is 716. The van der Waals surface area contributed by atoms with Crippen molar-refractivity contribution < 1.29 is 0 Å². The van der Waals surface area contributed by atoms with Crippen molar-refractivity contribution in [3.05, 3.63) is 65.2 Å². The van der Waals surface area contributed by atoms with Crippen molar-refractivity contribution in [2.75, 3.05) is 0 Å². The number of aromatic nitrogens is 3. The van der Waals surface area contributed by atoms with Gasteiger partial charge in [0.25, 0.3) is 0 Å². The number of nitrogens with zero attached hydrogens (tertiary/aromatic N) is 3. The quantitative estimate of drug-likeness (QED) is 0.720. The summed E-state index contributed by atoms with van der Waals surface area (Å²) in [7, 11) is 0. The first-order chi connectivity index (χ1) is 9.72. The predicted octanol–water partition coefficient (Wildman–Crippen LogP) is 3.76. The standard InChI is InChI=1S/C17H17N3/c1-13-11-16-17(12-14(13)2)19-20(18-16)10-6-9-15-7-4-3-5-8-15/h3-9,11-12H,10H2,1-2H3/b9-6+. The summed E-state index contributed by atoms with van der Waals surface area (Å²) in [6, 6.07) is 14.4. The summed E-state index contributed by atoms with van der Waals surface area (Å²) in [5.41, 5.74) is 5.62. The lowest BCUT2D eigenvalue weighted by molar-refractivity contribution is 0.613. The van der Waals surface area contributed by atoms with Gasteiger partial charge < -0.3 is 0 Å². The number of fused-ring (bicyclic) bond motifs is 1. The normalized spacial score (nSPS) is 11.5. The molecular weight excluding hydrogens is 246 g/mol. The average Bonchev–Trinajstić information content (AvgIpc) is 2.82. The molecule has 3 nitrogen and oxygen atoms in total. The summed E-state index contributed by atoms with van der Waals surface area (Å²) in [4.78, 5) is 1.74. The van der Waals surface area contributed by atoms with Crippen LogP contribution in [-0.2, 0) is 6.54 Å². The largest absolute Gasteiger partial charge is 0.180 e. The van der Waals surface area contributed by atoms with Crippen LogP contribution in [0.3, 0.4) is 0 Å². The number of allylic oxidation sites excluding steroid dienone is 1. The van der Waals surface area contributed by atoms with Gasteiger partial charge in [0.15, 0.2) is 0 Å². The topological polar surface area (TPSA) is 30.7 Å². The van der Waals surface area contributed by atoms with Crippen LogP contribution in [0, 0.1) is 13.8 Å². The van der Waals surface area contributed by atoms with E-state index in [4.69, 9.17) is 0 Å². The molecule has 0 aliphatic heterocycles. The highest BCUT2D eigenvalue weighted by molar-refractivity contribution is 5.75. The first kappa shape index (κ1) is 12.6. The van der Waals surface area contributed by atoms with Gasteiger partial charge in [-0.05, 0) is 42.7 Å². The van der Waals surface area contributed by atoms with Crippen LogP contribution in [0.5, 0.6) is 0 Å². The summed E-state index contributed by atoms with van der Waals surface area (Å²) >= 11 is 0. The second kappa shape index (κ2) is 5.29. The predicted molar refractivity (Wildman–Crippen MR) is 82.5 cm³/mol. The molecule has 1 aromatic heterocycles. The van der Waals surface area contributed by atoms with Gasteiger partial charge in [-0.25, -0.2) is 0 Å². The van der Waals surface area contributed by atoms with Crippen LogP contribution in [0.25, 0.3) is 17.1 Å². The molecule has 0 radical (unpaired) electrons. The number of hydrogen-bond acceptors (Lipinski definition) is 2. The Morgan fingerprint density at radius 3 is 2.15 bits per heavy atom. The molecule has 0 amide bonds. The average molecular weight is 263 g/mol. The van der Waals surface area contributed by atoms with Gasteiger partial charge in [-0.1, -0.05) is 42.5 Å². The summed E-state index contributed by atoms with van der Waals surface area (Å²) < 4.78 is 0. The molecule has 3 rings (SSSR count). The molecule has 0 N–H and O–H groups in total. The van der Waals surface area contributed by atoms with Crippen LogP contribution in [0.1, 0.15) is 16.7 Å². The Morgan fingerprint density at radius 1 is 0.950 bits per heavy atom. The second-order valence-corrected chi connectivity index (χ2v) is 4.99. The fourth-order valence-corrected chi connectivity index (χ4v) is 2.15. The Kier molecular flexibility index (Phi) is 3.33. The molecule has 0 unspecified atom stereocenters. The van der Waals surface area contributed by atoms with Crippen molar-refractivity contribution in [1.82, 2.24) is 15.0 Å². The summed E-state index contributed by atoms with van der Waals surface area (Å²) in [6.45, 7) is 4.88. The highest BCUT2D eigenvalue weighted by Crippen LogP contribution is 2.15. The fraction of sp³-hybridized carbons (Fsp3) is 0.176. The monoisotopic (exact) mass is 263 g/mol. The van der Waals surface area contributed by atoms with Gasteiger partial charge >= 0.3 is 0 Å². The Morgan fingerprint density at radius 2 is 1.55 bits per heavy atom. The van der Waals surface area contributed by atoms with Crippen molar-refractivity contribution in [2.45, 2.75) is 20.4 Å². The smallest absolute Gasteiger partial charge is 0.113 e. The van der Waals surface area contributed by atoms with Gasteiger partial charge in [0.2, 0.25) is 0 Å². The van der Waals surface area contributed by atoms with Gasteiger partial charge in [0.1, 0.15) is 11.0 Å². The molecule has 3 heteroatoms. The molecule has 0 saturated carbocycles. The number of benzene rings is 2. The maximum absolute atomic E-state index is 4.50. The lowest BCUT2D eigenvalue weighted by atomic mass is 10.1. The molecule has 20 heavy (non-hydrogen) atoms. The Labute approximate surface area is 118 Å². The molecule has 0 saturated heterocycles. The number of hydrogen-bond donors (Lipinski definition) is 0. The van der Waals surface area contributed by atoms with Gasteiger partial charge in [0, 0.05) is 0 Å². The van der Waals surface area contributed by atoms with Crippen LogP contribution in [0.2, 0.25) is 0 Å². The molecule has 0 fully saturated rings. The van der Waals surface area contributed by atoms with Crippen LogP contribution in [0.15, 0.2) is 48.5 Å². The van der Waals surface area contributed by atoms with Crippen molar-refractivity contribution in [3.8, 4) is 0 Å². The molecule has 0 atom stereocenters. The Balaban J connectivity index is 1.80. The molecule has 0 spiro atoms. The van der Waals surface area contributed by atoms with E-state index in [1.165, 1.54) is 16.7 Å². The summed E-state index contributed by atoms with van der Waals surface area (Å²) in [5.74, 6) is 0. The highest BCUT2D eigenvalue weighted by atomic mass is 15.5. The van der Waals surface area contributed by atoms with Crippen LogP contribution >= 0.6 is 0 Å². The van der Waals surface area contributed by atoms with Crippen LogP contribution in [-0.4, -0.2) is 15.0 Å². The minimum atomic E-state index is 0.682.